The highest BCUT2D eigenvalue weighted by atomic mass is 32.1. The minimum atomic E-state index is -1.01. The molecule has 3 aromatic rings. The number of urea groups is 1. The van der Waals surface area contributed by atoms with Crippen molar-refractivity contribution in [3.63, 3.8) is 0 Å². The molecule has 2 aromatic carbocycles. The number of rotatable bonds is 8. The van der Waals surface area contributed by atoms with E-state index in [0.717, 1.165) is 20.5 Å². The summed E-state index contributed by atoms with van der Waals surface area (Å²) in [5.74, 6) is -1.18. The summed E-state index contributed by atoms with van der Waals surface area (Å²) in [7, 11) is 0. The highest BCUT2D eigenvalue weighted by Gasteiger charge is 2.48. The Morgan fingerprint density at radius 1 is 1.02 bits per heavy atom. The van der Waals surface area contributed by atoms with Gasteiger partial charge in [0.1, 0.15) is 17.2 Å². The second kappa shape index (κ2) is 12.6. The average Bonchev–Trinajstić information content (AvgIpc) is 3.34. The molecule has 220 valence electrons. The summed E-state index contributed by atoms with van der Waals surface area (Å²) in [5, 5.41) is 6.69. The Morgan fingerprint density at radius 2 is 1.74 bits per heavy atom. The monoisotopic (exact) mass is 592 g/mol. The van der Waals surface area contributed by atoms with Crippen molar-refractivity contribution in [2.75, 3.05) is 31.5 Å². The van der Waals surface area contributed by atoms with Gasteiger partial charge in [0, 0.05) is 49.1 Å². The summed E-state index contributed by atoms with van der Waals surface area (Å²) in [6, 6.07) is 16.3. The number of nitrogens with zero attached hydrogens (tertiary/aromatic N) is 2. The number of likely N-dealkylation sites (tertiary alicyclic amines) is 1. The van der Waals surface area contributed by atoms with Crippen LogP contribution < -0.4 is 10.6 Å². The number of imide groups is 1. The van der Waals surface area contributed by atoms with Gasteiger partial charge in [-0.25, -0.2) is 14.5 Å². The highest BCUT2D eigenvalue weighted by Crippen LogP contribution is 2.39. The lowest BCUT2D eigenvalue weighted by atomic mass is 9.86. The fourth-order valence-electron chi connectivity index (χ4n) is 5.19. The molecule has 0 atom stereocenters. The molecule has 2 saturated heterocycles. The third-order valence-corrected chi connectivity index (χ3v) is 8.50. The SMILES string of the molecule is CCNC(=O)Nc1sc2ccccc2c1C(=O)N1CCC2(CC1)CC(=O)N(CCC(=O)OCc1ccccc1)C(=O)O2. The number of esters is 1. The number of nitrogens with one attached hydrogen (secondary N) is 2. The van der Waals surface area contributed by atoms with E-state index in [0.29, 0.717) is 30.0 Å². The molecular formula is C30H32N4O7S. The maximum absolute atomic E-state index is 13.7. The zero-order valence-electron chi connectivity index (χ0n) is 23.2. The minimum absolute atomic E-state index is 0.0226. The van der Waals surface area contributed by atoms with Gasteiger partial charge in [-0.1, -0.05) is 48.5 Å². The van der Waals surface area contributed by atoms with Crippen LogP contribution in [-0.4, -0.2) is 71.5 Å². The molecular weight excluding hydrogens is 560 g/mol. The zero-order chi connectivity index (χ0) is 29.7. The normalized spacial score (nSPS) is 16.3. The number of carbonyl (C=O) groups excluding carboxylic acids is 5. The highest BCUT2D eigenvalue weighted by molar-refractivity contribution is 7.23. The quantitative estimate of drug-likeness (QED) is 0.367. The third-order valence-electron chi connectivity index (χ3n) is 7.42. The lowest BCUT2D eigenvalue weighted by Gasteiger charge is -2.44. The molecule has 2 aliphatic rings. The Labute approximate surface area is 246 Å². The number of piperidine rings is 1. The lowest BCUT2D eigenvalue weighted by molar-refractivity contribution is -0.150. The molecule has 11 nitrogen and oxygen atoms in total. The number of anilines is 1. The summed E-state index contributed by atoms with van der Waals surface area (Å²) < 4.78 is 11.9. The number of amides is 5. The second-order valence-corrected chi connectivity index (χ2v) is 11.3. The first kappa shape index (κ1) is 29.1. The molecule has 0 saturated carbocycles. The maximum Gasteiger partial charge on any atom is 0.417 e. The Kier molecular flexibility index (Phi) is 8.72. The summed E-state index contributed by atoms with van der Waals surface area (Å²) in [4.78, 5) is 66.6. The Morgan fingerprint density at radius 3 is 2.45 bits per heavy atom. The van der Waals surface area contributed by atoms with Crippen molar-refractivity contribution in [1.29, 1.82) is 0 Å². The molecule has 0 aliphatic carbocycles. The first-order chi connectivity index (χ1) is 20.3. The summed E-state index contributed by atoms with van der Waals surface area (Å²) in [6.07, 6.45) is -0.358. The van der Waals surface area contributed by atoms with Gasteiger partial charge in [0.2, 0.25) is 5.91 Å². The smallest absolute Gasteiger partial charge is 0.417 e. The minimum Gasteiger partial charge on any atom is -0.461 e. The van der Waals surface area contributed by atoms with Crippen LogP contribution in [0.25, 0.3) is 10.1 Å². The van der Waals surface area contributed by atoms with Gasteiger partial charge in [0.25, 0.3) is 5.91 Å². The Hall–Kier alpha value is -4.45. The Balaban J connectivity index is 1.18. The van der Waals surface area contributed by atoms with Crippen molar-refractivity contribution in [2.45, 2.75) is 44.8 Å². The van der Waals surface area contributed by atoms with Gasteiger partial charge in [0.05, 0.1) is 18.4 Å². The molecule has 42 heavy (non-hydrogen) atoms. The third kappa shape index (κ3) is 6.38. The van der Waals surface area contributed by atoms with E-state index in [1.807, 2.05) is 61.5 Å². The zero-order valence-corrected chi connectivity index (χ0v) is 24.0. The summed E-state index contributed by atoms with van der Waals surface area (Å²) in [6.45, 7) is 2.79. The number of carbonyl (C=O) groups is 5. The summed E-state index contributed by atoms with van der Waals surface area (Å²) in [5.41, 5.74) is 0.251. The lowest BCUT2D eigenvalue weighted by Crippen LogP contribution is -2.57. The van der Waals surface area contributed by atoms with Crippen molar-refractivity contribution in [2.24, 2.45) is 0 Å². The predicted octanol–water partition coefficient (Wildman–Crippen LogP) is 4.52. The number of thiophene rings is 1. The topological polar surface area (TPSA) is 134 Å². The number of hydrogen-bond donors (Lipinski definition) is 2. The standard InChI is InChI=1S/C30H32N4O7S/c1-2-31-28(38)32-26-25(21-10-6-7-11-22(21)42-26)27(37)33-16-13-30(14-17-33)18-23(35)34(29(39)41-30)15-12-24(36)40-19-20-8-4-3-5-9-20/h3-11H,2,12-19H2,1H3,(H2,31,32,38). The van der Waals surface area contributed by atoms with Crippen LogP contribution in [0, 0.1) is 0 Å². The molecule has 3 heterocycles. The van der Waals surface area contributed by atoms with E-state index in [2.05, 4.69) is 10.6 Å². The molecule has 0 radical (unpaired) electrons. The van der Waals surface area contributed by atoms with Gasteiger partial charge >= 0.3 is 18.1 Å². The van der Waals surface area contributed by atoms with E-state index in [4.69, 9.17) is 9.47 Å². The first-order valence-electron chi connectivity index (χ1n) is 13.9. The summed E-state index contributed by atoms with van der Waals surface area (Å²) >= 11 is 1.33. The van der Waals surface area contributed by atoms with Crippen molar-refractivity contribution >= 4 is 56.3 Å². The van der Waals surface area contributed by atoms with E-state index in [1.165, 1.54) is 11.3 Å². The predicted molar refractivity (Wildman–Crippen MR) is 156 cm³/mol. The maximum atomic E-state index is 13.7. The number of hydrogen-bond acceptors (Lipinski definition) is 8. The van der Waals surface area contributed by atoms with E-state index in [9.17, 15) is 24.0 Å². The van der Waals surface area contributed by atoms with Crippen LogP contribution in [0.15, 0.2) is 54.6 Å². The van der Waals surface area contributed by atoms with E-state index in [-0.39, 0.29) is 45.0 Å². The van der Waals surface area contributed by atoms with Crippen LogP contribution >= 0.6 is 11.3 Å². The van der Waals surface area contributed by atoms with E-state index in [1.54, 1.807) is 4.90 Å². The number of fused-ring (bicyclic) bond motifs is 1. The van der Waals surface area contributed by atoms with Gasteiger partial charge in [-0.15, -0.1) is 11.3 Å². The average molecular weight is 593 g/mol. The number of ether oxygens (including phenoxy) is 2. The molecule has 0 unspecified atom stereocenters. The Bertz CT molecular complexity index is 1480. The van der Waals surface area contributed by atoms with Crippen molar-refractivity contribution in [3.8, 4) is 0 Å². The molecule has 1 aromatic heterocycles. The number of benzene rings is 2. The molecule has 12 heteroatoms. The van der Waals surface area contributed by atoms with Crippen LogP contribution in [0.2, 0.25) is 0 Å². The second-order valence-electron chi connectivity index (χ2n) is 10.2. The van der Waals surface area contributed by atoms with Crippen LogP contribution in [0.5, 0.6) is 0 Å². The first-order valence-corrected chi connectivity index (χ1v) is 14.7. The van der Waals surface area contributed by atoms with Crippen LogP contribution in [-0.2, 0) is 25.7 Å². The van der Waals surface area contributed by atoms with Gasteiger partial charge < -0.3 is 19.7 Å². The molecule has 1 spiro atoms. The van der Waals surface area contributed by atoms with Crippen molar-refractivity contribution in [3.05, 3.63) is 65.7 Å². The van der Waals surface area contributed by atoms with Crippen molar-refractivity contribution < 1.29 is 33.4 Å². The van der Waals surface area contributed by atoms with Crippen LogP contribution in [0.4, 0.5) is 14.6 Å². The van der Waals surface area contributed by atoms with Gasteiger partial charge in [-0.2, -0.15) is 0 Å². The van der Waals surface area contributed by atoms with Crippen molar-refractivity contribution in [1.82, 2.24) is 15.1 Å². The fourth-order valence-corrected chi connectivity index (χ4v) is 6.28. The molecule has 2 aliphatic heterocycles. The molecule has 0 bridgehead atoms. The van der Waals surface area contributed by atoms with Gasteiger partial charge in [-0.3, -0.25) is 19.7 Å². The van der Waals surface area contributed by atoms with Crippen LogP contribution in [0.3, 0.4) is 0 Å². The molecule has 5 amide bonds. The largest absolute Gasteiger partial charge is 0.461 e. The molecule has 5 rings (SSSR count). The fraction of sp³-hybridized carbons (Fsp3) is 0.367. The van der Waals surface area contributed by atoms with Crippen LogP contribution in [0.1, 0.15) is 48.5 Å². The van der Waals surface area contributed by atoms with E-state index >= 15 is 0 Å². The van der Waals surface area contributed by atoms with E-state index < -0.39 is 29.6 Å². The van der Waals surface area contributed by atoms with Gasteiger partial charge in [0.15, 0.2) is 0 Å². The molecule has 2 fully saturated rings. The molecule has 2 N–H and O–H groups in total. The van der Waals surface area contributed by atoms with Gasteiger partial charge in [-0.05, 0) is 18.6 Å².